The first-order valence-corrected chi connectivity index (χ1v) is 9.13. The summed E-state index contributed by atoms with van der Waals surface area (Å²) in [6, 6.07) is 8.04. The monoisotopic (exact) mass is 367 g/mol. The second kappa shape index (κ2) is 7.87. The Morgan fingerprint density at radius 3 is 2.78 bits per heavy atom. The fourth-order valence-electron chi connectivity index (χ4n) is 4.04. The Kier molecular flexibility index (Phi) is 5.54. The molecule has 0 aliphatic carbocycles. The summed E-state index contributed by atoms with van der Waals surface area (Å²) in [6.07, 6.45) is 7.78. The van der Waals surface area contributed by atoms with Gasteiger partial charge in [0.05, 0.1) is 5.56 Å². The number of aromatic nitrogens is 1. The topological polar surface area (TPSA) is 29.9 Å². The summed E-state index contributed by atoms with van der Waals surface area (Å²) in [4.78, 5) is 0. The van der Waals surface area contributed by atoms with Crippen molar-refractivity contribution in [1.29, 1.82) is 0 Å². The molecule has 2 atom stereocenters. The van der Waals surface area contributed by atoms with E-state index >= 15 is 0 Å². The van der Waals surface area contributed by atoms with Crippen molar-refractivity contribution in [2.75, 3.05) is 0 Å². The molecule has 0 fully saturated rings. The number of allylic oxidation sites excluding steroid dienone is 4. The van der Waals surface area contributed by atoms with E-state index in [1.54, 1.807) is 6.08 Å². The van der Waals surface area contributed by atoms with Crippen molar-refractivity contribution in [3.05, 3.63) is 90.3 Å². The van der Waals surface area contributed by atoms with E-state index in [4.69, 9.17) is 5.73 Å². The number of hydrogen-bond acceptors (Lipinski definition) is 1. The molecule has 2 N–H and O–H groups in total. The summed E-state index contributed by atoms with van der Waals surface area (Å²) >= 11 is 0. The zero-order chi connectivity index (χ0) is 19.6. The Morgan fingerprint density at radius 2 is 2.07 bits per heavy atom. The third-order valence-electron chi connectivity index (χ3n) is 5.18. The number of pyridine rings is 1. The summed E-state index contributed by atoms with van der Waals surface area (Å²) < 4.78 is 30.9. The first kappa shape index (κ1) is 19.0. The zero-order valence-corrected chi connectivity index (χ0v) is 15.6. The van der Waals surface area contributed by atoms with Crippen LogP contribution in [0.4, 0.5) is 8.78 Å². The van der Waals surface area contributed by atoms with Crippen molar-refractivity contribution in [1.82, 2.24) is 0 Å². The van der Waals surface area contributed by atoms with Crippen molar-refractivity contribution in [2.24, 2.45) is 5.73 Å². The number of nitrogens with two attached hydrogens (primary N) is 1. The van der Waals surface area contributed by atoms with Crippen LogP contribution in [0, 0.1) is 11.6 Å². The van der Waals surface area contributed by atoms with E-state index in [1.165, 1.54) is 11.6 Å². The molecule has 1 aliphatic heterocycles. The standard InChI is InChI=1S/C23H25F2N2/c1-4-7-15(2)9-10-18-19-13-17(24)14-20(25)23(19)21-8-5-6-11-27(21)22(18)12-16(3)26/h4-8,11,13-14,18,22H,1,3,9-10,12,26H2,2H3/q+1/b15-7+. The van der Waals surface area contributed by atoms with E-state index in [0.717, 1.165) is 24.6 Å². The molecule has 1 aromatic carbocycles. The van der Waals surface area contributed by atoms with Gasteiger partial charge in [0.15, 0.2) is 12.2 Å². The molecule has 0 saturated carbocycles. The SMILES string of the molecule is C=C/C=C(\C)CCC1c2cc(F)cc(F)c2-c2cccc[n+]2C1CC(=C)N. The van der Waals surface area contributed by atoms with E-state index in [0.29, 0.717) is 23.2 Å². The van der Waals surface area contributed by atoms with E-state index in [9.17, 15) is 8.78 Å². The molecular formula is C23H25F2N2+. The van der Waals surface area contributed by atoms with Gasteiger partial charge in [0.1, 0.15) is 11.6 Å². The Bertz CT molecular complexity index is 915. The average molecular weight is 367 g/mol. The van der Waals surface area contributed by atoms with Crippen LogP contribution in [0.1, 0.15) is 43.7 Å². The van der Waals surface area contributed by atoms with Crippen LogP contribution < -0.4 is 10.3 Å². The molecule has 0 bridgehead atoms. The molecule has 1 aromatic heterocycles. The van der Waals surface area contributed by atoms with Crippen molar-refractivity contribution in [3.63, 3.8) is 0 Å². The van der Waals surface area contributed by atoms with Crippen molar-refractivity contribution >= 4 is 0 Å². The highest BCUT2D eigenvalue weighted by Gasteiger charge is 2.41. The van der Waals surface area contributed by atoms with Crippen molar-refractivity contribution in [2.45, 2.75) is 38.1 Å². The van der Waals surface area contributed by atoms with Crippen LogP contribution in [-0.4, -0.2) is 0 Å². The van der Waals surface area contributed by atoms with Crippen LogP contribution in [0.2, 0.25) is 0 Å². The summed E-state index contributed by atoms with van der Waals surface area (Å²) in [5.74, 6) is -1.15. The lowest BCUT2D eigenvalue weighted by atomic mass is 9.78. The second-order valence-electron chi connectivity index (χ2n) is 7.17. The predicted molar refractivity (Wildman–Crippen MR) is 105 cm³/mol. The first-order chi connectivity index (χ1) is 12.9. The lowest BCUT2D eigenvalue weighted by Crippen LogP contribution is -2.48. The molecule has 2 heterocycles. The van der Waals surface area contributed by atoms with Gasteiger partial charge in [-0.05, 0) is 37.5 Å². The smallest absolute Gasteiger partial charge is 0.216 e. The summed E-state index contributed by atoms with van der Waals surface area (Å²) in [7, 11) is 0. The molecule has 0 saturated heterocycles. The molecule has 4 heteroatoms. The second-order valence-corrected chi connectivity index (χ2v) is 7.17. The Hall–Kier alpha value is -2.75. The fourth-order valence-corrected chi connectivity index (χ4v) is 4.04. The van der Waals surface area contributed by atoms with Gasteiger partial charge in [-0.15, -0.1) is 0 Å². The minimum atomic E-state index is -0.552. The maximum atomic E-state index is 14.8. The molecule has 3 rings (SSSR count). The number of benzene rings is 1. The number of rotatable bonds is 6. The lowest BCUT2D eigenvalue weighted by Gasteiger charge is -2.31. The molecule has 2 unspecified atom stereocenters. The van der Waals surface area contributed by atoms with Gasteiger partial charge in [0.25, 0.3) is 0 Å². The molecule has 2 nitrogen and oxygen atoms in total. The summed E-state index contributed by atoms with van der Waals surface area (Å²) in [5.41, 5.74) is 9.61. The number of halogens is 2. The maximum Gasteiger partial charge on any atom is 0.216 e. The number of hydrogen-bond donors (Lipinski definition) is 1. The van der Waals surface area contributed by atoms with Crippen LogP contribution >= 0.6 is 0 Å². The highest BCUT2D eigenvalue weighted by Crippen LogP contribution is 2.44. The molecule has 0 amide bonds. The maximum absolute atomic E-state index is 14.8. The summed E-state index contributed by atoms with van der Waals surface area (Å²) in [5, 5.41) is 0. The third kappa shape index (κ3) is 3.85. The van der Waals surface area contributed by atoms with Crippen LogP contribution in [0.5, 0.6) is 0 Å². The van der Waals surface area contributed by atoms with Gasteiger partial charge >= 0.3 is 0 Å². The number of nitrogens with zero attached hydrogens (tertiary/aromatic N) is 1. The Morgan fingerprint density at radius 1 is 1.30 bits per heavy atom. The van der Waals surface area contributed by atoms with E-state index in [1.807, 2.05) is 37.4 Å². The Labute approximate surface area is 159 Å². The van der Waals surface area contributed by atoms with Gasteiger partial charge in [0.2, 0.25) is 5.69 Å². The van der Waals surface area contributed by atoms with Gasteiger partial charge in [-0.3, -0.25) is 0 Å². The van der Waals surface area contributed by atoms with Gasteiger partial charge < -0.3 is 5.73 Å². The van der Waals surface area contributed by atoms with Gasteiger partial charge in [-0.25, -0.2) is 8.78 Å². The average Bonchev–Trinajstić information content (AvgIpc) is 2.60. The van der Waals surface area contributed by atoms with Gasteiger partial charge in [0, 0.05) is 36.2 Å². The number of fused-ring (bicyclic) bond motifs is 3. The first-order valence-electron chi connectivity index (χ1n) is 9.13. The molecule has 1 aliphatic rings. The molecule has 27 heavy (non-hydrogen) atoms. The molecule has 0 spiro atoms. The van der Waals surface area contributed by atoms with Crippen molar-refractivity contribution < 1.29 is 13.3 Å². The third-order valence-corrected chi connectivity index (χ3v) is 5.18. The van der Waals surface area contributed by atoms with Crippen LogP contribution in [0.3, 0.4) is 0 Å². The largest absolute Gasteiger partial charge is 0.402 e. The highest BCUT2D eigenvalue weighted by molar-refractivity contribution is 5.64. The highest BCUT2D eigenvalue weighted by atomic mass is 19.1. The van der Waals surface area contributed by atoms with Gasteiger partial charge in [-0.2, -0.15) is 4.57 Å². The normalized spacial score (nSPS) is 18.6. The van der Waals surface area contributed by atoms with Crippen LogP contribution in [0.25, 0.3) is 11.3 Å². The minimum absolute atomic E-state index is 0.0380. The van der Waals surface area contributed by atoms with E-state index in [-0.39, 0.29) is 12.0 Å². The minimum Gasteiger partial charge on any atom is -0.402 e. The molecular weight excluding hydrogens is 342 g/mol. The fraction of sp³-hybridized carbons (Fsp3) is 0.261. The van der Waals surface area contributed by atoms with Gasteiger partial charge in [-0.1, -0.05) is 30.9 Å². The van der Waals surface area contributed by atoms with E-state index in [2.05, 4.69) is 17.7 Å². The summed E-state index contributed by atoms with van der Waals surface area (Å²) in [6.45, 7) is 9.63. The quantitative estimate of drug-likeness (QED) is 0.543. The lowest BCUT2D eigenvalue weighted by molar-refractivity contribution is -0.718. The van der Waals surface area contributed by atoms with E-state index < -0.39 is 11.6 Å². The molecule has 140 valence electrons. The van der Waals surface area contributed by atoms with Crippen LogP contribution in [-0.2, 0) is 0 Å². The molecule has 2 aromatic rings. The molecule has 0 radical (unpaired) electrons. The van der Waals surface area contributed by atoms with Crippen molar-refractivity contribution in [3.8, 4) is 11.3 Å². The van der Waals surface area contributed by atoms with Crippen LogP contribution in [0.15, 0.2) is 73.1 Å². The zero-order valence-electron chi connectivity index (χ0n) is 15.6. The predicted octanol–water partition coefficient (Wildman–Crippen LogP) is 5.33. The Balaban J connectivity index is 2.15.